The molecule has 0 aliphatic carbocycles. The van der Waals surface area contributed by atoms with Gasteiger partial charge in [-0.3, -0.25) is 3.97 Å². The highest BCUT2D eigenvalue weighted by Gasteiger charge is 2.21. The molecule has 1 aromatic heterocycles. The Balaban J connectivity index is 2.36. The SMILES string of the molecule is ClC(Cl)(Cl)Sn1cc2ccccc2c1. The van der Waals surface area contributed by atoms with Crippen LogP contribution in [-0.2, 0) is 0 Å². The zero-order chi connectivity index (χ0) is 10.2. The number of nitrogens with zero attached hydrogens (tertiary/aromatic N) is 1. The highest BCUT2D eigenvalue weighted by molar-refractivity contribution is 8.03. The van der Waals surface area contributed by atoms with E-state index in [-0.39, 0.29) is 0 Å². The fourth-order valence-electron chi connectivity index (χ4n) is 1.23. The molecule has 1 aromatic carbocycles. The van der Waals surface area contributed by atoms with E-state index in [0.29, 0.717) is 0 Å². The zero-order valence-corrected chi connectivity index (χ0v) is 10.0. The first-order chi connectivity index (χ1) is 6.54. The van der Waals surface area contributed by atoms with Gasteiger partial charge in [-0.15, -0.1) is 0 Å². The van der Waals surface area contributed by atoms with Crippen molar-refractivity contribution in [2.24, 2.45) is 0 Å². The van der Waals surface area contributed by atoms with Gasteiger partial charge in [-0.1, -0.05) is 59.1 Å². The van der Waals surface area contributed by atoms with Crippen molar-refractivity contribution in [1.29, 1.82) is 0 Å². The van der Waals surface area contributed by atoms with Gasteiger partial charge in [-0.05, 0) is 0 Å². The van der Waals surface area contributed by atoms with E-state index < -0.39 is 3.12 Å². The fraction of sp³-hybridized carbons (Fsp3) is 0.111. The molecule has 0 amide bonds. The summed E-state index contributed by atoms with van der Waals surface area (Å²) >= 11 is 18.1. The molecule has 0 aliphatic rings. The third-order valence-electron chi connectivity index (χ3n) is 1.74. The van der Waals surface area contributed by atoms with Crippen molar-refractivity contribution in [2.45, 2.75) is 3.12 Å². The van der Waals surface area contributed by atoms with E-state index >= 15 is 0 Å². The van der Waals surface area contributed by atoms with Crippen LogP contribution in [0.2, 0.25) is 0 Å². The molecule has 1 heterocycles. The second-order valence-electron chi connectivity index (χ2n) is 2.78. The Bertz CT molecular complexity index is 413. The minimum Gasteiger partial charge on any atom is -0.294 e. The van der Waals surface area contributed by atoms with Crippen LogP contribution >= 0.6 is 46.8 Å². The highest BCUT2D eigenvalue weighted by atomic mass is 35.6. The number of hydrogen-bond donors (Lipinski definition) is 0. The van der Waals surface area contributed by atoms with Crippen LogP contribution < -0.4 is 0 Å². The number of alkyl halides is 3. The Hall–Kier alpha value is -0.0200. The third kappa shape index (κ3) is 2.51. The summed E-state index contributed by atoms with van der Waals surface area (Å²) in [4.78, 5) is 0. The van der Waals surface area contributed by atoms with Crippen LogP contribution in [0.4, 0.5) is 0 Å². The average molecular weight is 267 g/mol. The van der Waals surface area contributed by atoms with Crippen molar-refractivity contribution >= 4 is 57.5 Å². The van der Waals surface area contributed by atoms with E-state index in [1.807, 2.05) is 36.7 Å². The van der Waals surface area contributed by atoms with Gasteiger partial charge < -0.3 is 0 Å². The van der Waals surface area contributed by atoms with E-state index in [1.165, 1.54) is 0 Å². The largest absolute Gasteiger partial charge is 0.294 e. The van der Waals surface area contributed by atoms with Crippen molar-refractivity contribution in [2.75, 3.05) is 0 Å². The molecular formula is C9H6Cl3NS. The molecule has 74 valence electrons. The first-order valence-corrected chi connectivity index (χ1v) is 5.78. The average Bonchev–Trinajstić information content (AvgIpc) is 2.42. The minimum absolute atomic E-state index is 1.13. The Morgan fingerprint density at radius 3 is 1.93 bits per heavy atom. The van der Waals surface area contributed by atoms with Crippen molar-refractivity contribution in [3.63, 3.8) is 0 Å². The molecule has 5 heteroatoms. The van der Waals surface area contributed by atoms with Gasteiger partial charge in [0.15, 0.2) is 0 Å². The summed E-state index contributed by atoms with van der Waals surface area (Å²) in [5, 5.41) is 2.27. The van der Waals surface area contributed by atoms with Gasteiger partial charge in [0.2, 0.25) is 0 Å². The highest BCUT2D eigenvalue weighted by Crippen LogP contribution is 2.40. The number of fused-ring (bicyclic) bond motifs is 1. The van der Waals surface area contributed by atoms with Crippen molar-refractivity contribution in [3.05, 3.63) is 36.7 Å². The van der Waals surface area contributed by atoms with Crippen LogP contribution in [0.1, 0.15) is 0 Å². The minimum atomic E-state index is -1.32. The molecule has 0 N–H and O–H groups in total. The summed E-state index contributed by atoms with van der Waals surface area (Å²) in [6.45, 7) is 0. The van der Waals surface area contributed by atoms with Crippen LogP contribution in [0.5, 0.6) is 0 Å². The lowest BCUT2D eigenvalue weighted by atomic mass is 10.2. The molecular weight excluding hydrogens is 261 g/mol. The summed E-state index contributed by atoms with van der Waals surface area (Å²) in [5.41, 5.74) is 0. The number of rotatable bonds is 1. The molecule has 0 atom stereocenters. The predicted molar refractivity (Wildman–Crippen MR) is 65.2 cm³/mol. The lowest BCUT2D eigenvalue weighted by Crippen LogP contribution is -1.97. The Labute approximate surface area is 101 Å². The van der Waals surface area contributed by atoms with E-state index in [1.54, 1.807) is 3.97 Å². The van der Waals surface area contributed by atoms with Crippen LogP contribution in [0.15, 0.2) is 36.7 Å². The maximum atomic E-state index is 5.67. The van der Waals surface area contributed by atoms with Crippen molar-refractivity contribution < 1.29 is 0 Å². The van der Waals surface area contributed by atoms with Crippen LogP contribution in [-0.4, -0.2) is 7.10 Å². The van der Waals surface area contributed by atoms with Gasteiger partial charge in [0.1, 0.15) is 0 Å². The van der Waals surface area contributed by atoms with Gasteiger partial charge in [-0.2, -0.15) is 0 Å². The van der Waals surface area contributed by atoms with Crippen molar-refractivity contribution in [3.8, 4) is 0 Å². The summed E-state index contributed by atoms with van der Waals surface area (Å²) in [6, 6.07) is 7.99. The predicted octanol–water partition coefficient (Wildman–Crippen LogP) is 4.47. The molecule has 0 spiro atoms. The van der Waals surface area contributed by atoms with Gasteiger partial charge in [0.05, 0.1) is 0 Å². The molecule has 0 aliphatic heterocycles. The van der Waals surface area contributed by atoms with Gasteiger partial charge >= 0.3 is 0 Å². The second kappa shape index (κ2) is 3.86. The third-order valence-corrected chi connectivity index (χ3v) is 2.99. The van der Waals surface area contributed by atoms with Gasteiger partial charge in [0, 0.05) is 35.1 Å². The molecule has 0 saturated carbocycles. The molecule has 0 unspecified atom stereocenters. The van der Waals surface area contributed by atoms with Crippen LogP contribution in [0.3, 0.4) is 0 Å². The lowest BCUT2D eigenvalue weighted by molar-refractivity contribution is 1.29. The van der Waals surface area contributed by atoms with Crippen LogP contribution in [0.25, 0.3) is 10.8 Å². The molecule has 14 heavy (non-hydrogen) atoms. The topological polar surface area (TPSA) is 4.93 Å². The summed E-state index contributed by atoms with van der Waals surface area (Å²) < 4.78 is 0.479. The Morgan fingerprint density at radius 2 is 1.50 bits per heavy atom. The summed E-state index contributed by atoms with van der Waals surface area (Å²) in [6.07, 6.45) is 3.86. The van der Waals surface area contributed by atoms with E-state index in [2.05, 4.69) is 0 Å². The Kier molecular flexibility index (Phi) is 2.89. The fourth-order valence-corrected chi connectivity index (χ4v) is 2.52. The molecule has 0 saturated heterocycles. The molecule has 0 radical (unpaired) electrons. The maximum Gasteiger partial charge on any atom is 0.256 e. The van der Waals surface area contributed by atoms with E-state index in [0.717, 1.165) is 22.7 Å². The number of benzene rings is 1. The van der Waals surface area contributed by atoms with Crippen molar-refractivity contribution in [1.82, 2.24) is 3.97 Å². The first kappa shape index (κ1) is 10.5. The van der Waals surface area contributed by atoms with Crippen LogP contribution in [0, 0.1) is 0 Å². The van der Waals surface area contributed by atoms with Gasteiger partial charge in [-0.25, -0.2) is 0 Å². The number of aromatic nitrogens is 1. The molecule has 0 fully saturated rings. The normalized spacial score (nSPS) is 12.2. The van der Waals surface area contributed by atoms with Gasteiger partial charge in [0.25, 0.3) is 3.12 Å². The Morgan fingerprint density at radius 1 is 1.00 bits per heavy atom. The number of halogens is 3. The number of hydrogen-bond acceptors (Lipinski definition) is 1. The standard InChI is InChI=1S/C9H6Cl3NS/c10-9(11,12)14-13-5-7-3-1-2-4-8(7)6-13/h1-6H. The lowest BCUT2D eigenvalue weighted by Gasteiger charge is -2.09. The smallest absolute Gasteiger partial charge is 0.256 e. The van der Waals surface area contributed by atoms with E-state index in [9.17, 15) is 0 Å². The maximum absolute atomic E-state index is 5.67. The second-order valence-corrected chi connectivity index (χ2v) is 6.95. The van der Waals surface area contributed by atoms with E-state index in [4.69, 9.17) is 34.8 Å². The first-order valence-electron chi connectivity index (χ1n) is 3.87. The molecule has 1 nitrogen and oxygen atoms in total. The molecule has 0 bridgehead atoms. The monoisotopic (exact) mass is 265 g/mol. The summed E-state index contributed by atoms with van der Waals surface area (Å²) in [7, 11) is 0. The molecule has 2 aromatic rings. The zero-order valence-electron chi connectivity index (χ0n) is 6.95. The quantitative estimate of drug-likeness (QED) is 0.690. The molecule has 2 rings (SSSR count). The summed E-state index contributed by atoms with van der Waals surface area (Å²) in [5.74, 6) is 0.